The number of rotatable bonds is 1. The molecule has 2 N–H and O–H groups in total. The Labute approximate surface area is 59.4 Å². The molecule has 0 radical (unpaired) electrons. The Hall–Kier alpha value is -0.570. The second-order valence-corrected chi connectivity index (χ2v) is 3.28. The molecule has 0 aromatic heterocycles. The van der Waals surface area contributed by atoms with E-state index in [0.717, 1.165) is 25.8 Å². The summed E-state index contributed by atoms with van der Waals surface area (Å²) in [6.45, 7) is 1.000. The maximum absolute atomic E-state index is 10.7. The fourth-order valence-electron chi connectivity index (χ4n) is 1.87. The molecular formula is C7H11NO2. The van der Waals surface area contributed by atoms with E-state index in [1.807, 2.05) is 0 Å². The Morgan fingerprint density at radius 2 is 2.50 bits per heavy atom. The minimum Gasteiger partial charge on any atom is -0.481 e. The van der Waals surface area contributed by atoms with Crippen LogP contribution in [0.25, 0.3) is 0 Å². The largest absolute Gasteiger partial charge is 0.481 e. The average molecular weight is 141 g/mol. The molecule has 10 heavy (non-hydrogen) atoms. The number of hydrogen-bond acceptors (Lipinski definition) is 2. The summed E-state index contributed by atoms with van der Waals surface area (Å²) in [6, 6.07) is 0.291. The van der Waals surface area contributed by atoms with Crippen molar-refractivity contribution in [2.24, 2.45) is 5.41 Å². The third kappa shape index (κ3) is 0.611. The van der Waals surface area contributed by atoms with Gasteiger partial charge in [-0.25, -0.2) is 0 Å². The zero-order valence-electron chi connectivity index (χ0n) is 5.76. The Morgan fingerprint density at radius 3 is 3.00 bits per heavy atom. The van der Waals surface area contributed by atoms with Crippen LogP contribution in [0.2, 0.25) is 0 Å². The zero-order chi connectivity index (χ0) is 7.19. The van der Waals surface area contributed by atoms with Gasteiger partial charge in [-0.1, -0.05) is 0 Å². The number of hydrogen-bond donors (Lipinski definition) is 2. The van der Waals surface area contributed by atoms with Crippen LogP contribution in [-0.2, 0) is 4.79 Å². The van der Waals surface area contributed by atoms with Crippen molar-refractivity contribution in [2.45, 2.75) is 25.3 Å². The second kappa shape index (κ2) is 1.72. The van der Waals surface area contributed by atoms with E-state index in [-0.39, 0.29) is 5.41 Å². The summed E-state index contributed by atoms with van der Waals surface area (Å²) in [5, 5.41) is 12.0. The van der Waals surface area contributed by atoms with E-state index < -0.39 is 5.97 Å². The third-order valence-corrected chi connectivity index (χ3v) is 2.69. The molecule has 1 saturated carbocycles. The molecule has 1 heterocycles. The lowest BCUT2D eigenvalue weighted by Crippen LogP contribution is -2.34. The van der Waals surface area contributed by atoms with Crippen molar-refractivity contribution in [3.8, 4) is 0 Å². The van der Waals surface area contributed by atoms with Gasteiger partial charge >= 0.3 is 5.97 Å². The van der Waals surface area contributed by atoms with Crippen LogP contribution in [-0.4, -0.2) is 23.7 Å². The average Bonchev–Trinajstić information content (AvgIpc) is 2.61. The fraction of sp³-hybridized carbons (Fsp3) is 0.857. The van der Waals surface area contributed by atoms with Crippen molar-refractivity contribution < 1.29 is 9.90 Å². The highest BCUT2D eigenvalue weighted by Gasteiger charge is 2.60. The second-order valence-electron chi connectivity index (χ2n) is 3.28. The van der Waals surface area contributed by atoms with Gasteiger partial charge in [0, 0.05) is 6.04 Å². The van der Waals surface area contributed by atoms with Crippen LogP contribution in [0, 0.1) is 5.41 Å². The van der Waals surface area contributed by atoms with E-state index in [0.29, 0.717) is 6.04 Å². The van der Waals surface area contributed by atoms with Crippen LogP contribution in [0.4, 0.5) is 0 Å². The molecule has 0 unspecified atom stereocenters. The number of carbonyl (C=O) groups is 1. The summed E-state index contributed by atoms with van der Waals surface area (Å²) in [4.78, 5) is 10.7. The van der Waals surface area contributed by atoms with Gasteiger partial charge in [-0.05, 0) is 25.8 Å². The Morgan fingerprint density at radius 1 is 1.70 bits per heavy atom. The molecule has 3 heteroatoms. The first kappa shape index (κ1) is 6.16. The zero-order valence-corrected chi connectivity index (χ0v) is 5.76. The molecular weight excluding hydrogens is 130 g/mol. The minimum absolute atomic E-state index is 0.291. The molecule has 1 saturated heterocycles. The smallest absolute Gasteiger partial charge is 0.311 e. The molecule has 3 nitrogen and oxygen atoms in total. The predicted octanol–water partition coefficient (Wildman–Crippen LogP) is 0.213. The quantitative estimate of drug-likeness (QED) is 0.549. The molecule has 0 amide bonds. The maximum Gasteiger partial charge on any atom is 0.311 e. The third-order valence-electron chi connectivity index (χ3n) is 2.69. The maximum atomic E-state index is 10.7. The van der Waals surface area contributed by atoms with Crippen molar-refractivity contribution in [1.29, 1.82) is 0 Å². The lowest BCUT2D eigenvalue weighted by atomic mass is 9.97. The molecule has 1 aliphatic heterocycles. The normalized spacial score (nSPS) is 44.2. The van der Waals surface area contributed by atoms with Gasteiger partial charge in [0.2, 0.25) is 0 Å². The topological polar surface area (TPSA) is 49.3 Å². The molecule has 0 aromatic rings. The predicted molar refractivity (Wildman–Crippen MR) is 35.7 cm³/mol. The fourth-order valence-corrected chi connectivity index (χ4v) is 1.87. The lowest BCUT2D eigenvalue weighted by Gasteiger charge is -2.17. The van der Waals surface area contributed by atoms with E-state index in [1.165, 1.54) is 0 Å². The molecule has 56 valence electrons. The summed E-state index contributed by atoms with van der Waals surface area (Å²) in [5.41, 5.74) is -0.349. The first-order valence-electron chi connectivity index (χ1n) is 3.72. The SMILES string of the molecule is O=C(O)[C@]12CCCN[C@@H]1C2. The van der Waals surface area contributed by atoms with Gasteiger partial charge in [0.1, 0.15) is 0 Å². The summed E-state index contributed by atoms with van der Waals surface area (Å²) in [5.74, 6) is -0.607. The number of fused-ring (bicyclic) bond motifs is 1. The van der Waals surface area contributed by atoms with Crippen LogP contribution in [0.15, 0.2) is 0 Å². The van der Waals surface area contributed by atoms with Gasteiger partial charge < -0.3 is 10.4 Å². The van der Waals surface area contributed by atoms with Crippen LogP contribution >= 0.6 is 0 Å². The van der Waals surface area contributed by atoms with Crippen LogP contribution in [0.3, 0.4) is 0 Å². The molecule has 0 bridgehead atoms. The molecule has 2 aliphatic rings. The monoisotopic (exact) mass is 141 g/mol. The molecule has 0 aromatic carbocycles. The summed E-state index contributed by atoms with van der Waals surface area (Å²) in [7, 11) is 0. The summed E-state index contributed by atoms with van der Waals surface area (Å²) >= 11 is 0. The van der Waals surface area contributed by atoms with Gasteiger partial charge in [-0.3, -0.25) is 4.79 Å². The van der Waals surface area contributed by atoms with Crippen LogP contribution in [0.1, 0.15) is 19.3 Å². The van der Waals surface area contributed by atoms with Crippen molar-refractivity contribution in [3.63, 3.8) is 0 Å². The highest BCUT2D eigenvalue weighted by Crippen LogP contribution is 2.51. The summed E-state index contributed by atoms with van der Waals surface area (Å²) < 4.78 is 0. The minimum atomic E-state index is -0.607. The van der Waals surface area contributed by atoms with Gasteiger partial charge in [-0.2, -0.15) is 0 Å². The van der Waals surface area contributed by atoms with Crippen LogP contribution in [0.5, 0.6) is 0 Å². The van der Waals surface area contributed by atoms with Gasteiger partial charge in [0.15, 0.2) is 0 Å². The number of carboxylic acids is 1. The Balaban J connectivity index is 2.12. The molecule has 0 spiro atoms. The number of nitrogens with one attached hydrogen (secondary N) is 1. The highest BCUT2D eigenvalue weighted by atomic mass is 16.4. The number of carboxylic acid groups (broad SMARTS) is 1. The summed E-state index contributed by atoms with van der Waals surface area (Å²) in [6.07, 6.45) is 2.74. The highest BCUT2D eigenvalue weighted by molar-refractivity contribution is 5.79. The van der Waals surface area contributed by atoms with E-state index >= 15 is 0 Å². The van der Waals surface area contributed by atoms with Gasteiger partial charge in [0.05, 0.1) is 5.41 Å². The van der Waals surface area contributed by atoms with E-state index in [2.05, 4.69) is 5.32 Å². The first-order valence-corrected chi connectivity index (χ1v) is 3.72. The molecule has 1 aliphatic carbocycles. The van der Waals surface area contributed by atoms with Crippen molar-refractivity contribution in [2.75, 3.05) is 6.54 Å². The van der Waals surface area contributed by atoms with Gasteiger partial charge in [-0.15, -0.1) is 0 Å². The van der Waals surface area contributed by atoms with Crippen LogP contribution < -0.4 is 5.32 Å². The van der Waals surface area contributed by atoms with Gasteiger partial charge in [0.25, 0.3) is 0 Å². The molecule has 2 fully saturated rings. The van der Waals surface area contributed by atoms with Crippen molar-refractivity contribution in [1.82, 2.24) is 5.32 Å². The van der Waals surface area contributed by atoms with E-state index in [4.69, 9.17) is 5.11 Å². The Kier molecular flexibility index (Phi) is 1.06. The van der Waals surface area contributed by atoms with Crippen molar-refractivity contribution >= 4 is 5.97 Å². The Bertz CT molecular complexity index is 180. The number of piperidine rings is 1. The number of aliphatic carboxylic acids is 1. The first-order chi connectivity index (χ1) is 4.76. The van der Waals surface area contributed by atoms with E-state index in [9.17, 15) is 4.79 Å². The molecule has 2 atom stereocenters. The molecule has 2 rings (SSSR count). The van der Waals surface area contributed by atoms with E-state index in [1.54, 1.807) is 0 Å². The standard InChI is InChI=1S/C7H11NO2/c9-6(10)7-2-1-3-8-5(7)4-7/h5,8H,1-4H2,(H,9,10)/t5-,7+/m1/s1. The van der Waals surface area contributed by atoms with Crippen molar-refractivity contribution in [3.05, 3.63) is 0 Å². The lowest BCUT2D eigenvalue weighted by molar-refractivity contribution is -0.144.